The van der Waals surface area contributed by atoms with Crippen LogP contribution in [-0.4, -0.2) is 23.8 Å². The third-order valence-corrected chi connectivity index (χ3v) is 3.98. The molecular weight excluding hydrogens is 370 g/mol. The molecular formula is C22H21N3O4. The molecule has 2 aromatic heterocycles. The number of nitrogens with one attached hydrogen (secondary N) is 2. The fraction of sp³-hybridized carbons (Fsp3) is 0.136. The molecule has 0 saturated heterocycles. The number of benzene rings is 1. The van der Waals surface area contributed by atoms with Crippen molar-refractivity contribution in [3.05, 3.63) is 78.0 Å². The number of ether oxygens (including phenoxy) is 1. The molecule has 0 radical (unpaired) electrons. The molecule has 7 nitrogen and oxygen atoms in total. The van der Waals surface area contributed by atoms with E-state index in [0.717, 1.165) is 12.2 Å². The molecule has 2 heterocycles. The number of furan rings is 1. The van der Waals surface area contributed by atoms with Gasteiger partial charge in [0.15, 0.2) is 0 Å². The van der Waals surface area contributed by atoms with Gasteiger partial charge >= 0.3 is 0 Å². The van der Waals surface area contributed by atoms with Crippen molar-refractivity contribution in [2.75, 3.05) is 12.4 Å². The van der Waals surface area contributed by atoms with Crippen LogP contribution >= 0.6 is 0 Å². The van der Waals surface area contributed by atoms with Crippen molar-refractivity contribution in [1.29, 1.82) is 0 Å². The van der Waals surface area contributed by atoms with E-state index in [9.17, 15) is 9.59 Å². The van der Waals surface area contributed by atoms with Gasteiger partial charge in [0.25, 0.3) is 5.91 Å². The predicted molar refractivity (Wildman–Crippen MR) is 110 cm³/mol. The molecule has 0 aliphatic carbocycles. The molecule has 0 bridgehead atoms. The third-order valence-electron chi connectivity index (χ3n) is 3.98. The molecule has 7 heteroatoms. The van der Waals surface area contributed by atoms with Crippen LogP contribution in [0.5, 0.6) is 11.5 Å². The lowest BCUT2D eigenvalue weighted by Gasteiger charge is -2.08. The number of carbonyl (C=O) groups excluding carboxylic acids is 2. The molecule has 1 aromatic carbocycles. The van der Waals surface area contributed by atoms with Gasteiger partial charge in [-0.2, -0.15) is 0 Å². The SMILES string of the molecule is CCc1ccc(/C=C/C(=O)Nc2ccc(Oc3ccnc(C(=O)NC)c3)cc2)o1. The third kappa shape index (κ3) is 5.55. The number of anilines is 1. The summed E-state index contributed by atoms with van der Waals surface area (Å²) in [5.74, 6) is 2.00. The van der Waals surface area contributed by atoms with Gasteiger partial charge in [0.1, 0.15) is 28.7 Å². The molecule has 3 aromatic rings. The first-order valence-corrected chi connectivity index (χ1v) is 9.11. The Labute approximate surface area is 168 Å². The Kier molecular flexibility index (Phi) is 6.42. The Morgan fingerprint density at radius 2 is 1.90 bits per heavy atom. The van der Waals surface area contributed by atoms with Crippen molar-refractivity contribution in [3.63, 3.8) is 0 Å². The molecule has 0 unspecified atom stereocenters. The van der Waals surface area contributed by atoms with Gasteiger partial charge in [-0.3, -0.25) is 14.6 Å². The fourth-order valence-electron chi connectivity index (χ4n) is 2.49. The average molecular weight is 391 g/mol. The summed E-state index contributed by atoms with van der Waals surface area (Å²) in [4.78, 5) is 27.7. The van der Waals surface area contributed by atoms with Crippen LogP contribution in [0, 0.1) is 0 Å². The smallest absolute Gasteiger partial charge is 0.269 e. The second-order valence-corrected chi connectivity index (χ2v) is 6.06. The lowest BCUT2D eigenvalue weighted by molar-refractivity contribution is -0.111. The molecule has 29 heavy (non-hydrogen) atoms. The zero-order chi connectivity index (χ0) is 20.6. The van der Waals surface area contributed by atoms with Gasteiger partial charge in [-0.15, -0.1) is 0 Å². The van der Waals surface area contributed by atoms with Gasteiger partial charge < -0.3 is 19.8 Å². The summed E-state index contributed by atoms with van der Waals surface area (Å²) in [6.07, 6.45) is 5.35. The van der Waals surface area contributed by atoms with Gasteiger partial charge in [0, 0.05) is 37.5 Å². The maximum atomic E-state index is 12.1. The minimum atomic E-state index is -0.290. The van der Waals surface area contributed by atoms with E-state index in [2.05, 4.69) is 15.6 Å². The standard InChI is InChI=1S/C22H21N3O4/c1-3-16-8-9-18(28-16)10-11-21(26)25-15-4-6-17(7-5-15)29-19-12-13-24-20(14-19)22(27)23-2/h4-14H,3H2,1-2H3,(H,23,27)(H,25,26)/b11-10+. The van der Waals surface area contributed by atoms with Gasteiger partial charge in [-0.25, -0.2) is 0 Å². The monoisotopic (exact) mass is 391 g/mol. The maximum absolute atomic E-state index is 12.1. The Hall–Kier alpha value is -3.87. The number of aromatic nitrogens is 1. The number of rotatable bonds is 7. The summed E-state index contributed by atoms with van der Waals surface area (Å²) in [6, 6.07) is 13.8. The predicted octanol–water partition coefficient (Wildman–Crippen LogP) is 4.04. The highest BCUT2D eigenvalue weighted by Crippen LogP contribution is 2.23. The molecule has 0 atom stereocenters. The molecule has 0 aliphatic heterocycles. The second kappa shape index (κ2) is 9.36. The number of carbonyl (C=O) groups is 2. The van der Waals surface area contributed by atoms with Crippen molar-refractivity contribution in [2.24, 2.45) is 0 Å². The Bertz CT molecular complexity index is 1020. The number of pyridine rings is 1. The number of nitrogens with zero attached hydrogens (tertiary/aromatic N) is 1. The molecule has 2 amide bonds. The number of hydrogen-bond donors (Lipinski definition) is 2. The van der Waals surface area contributed by atoms with Gasteiger partial charge in [-0.1, -0.05) is 6.92 Å². The molecule has 0 fully saturated rings. The molecule has 148 valence electrons. The zero-order valence-corrected chi connectivity index (χ0v) is 16.1. The van der Waals surface area contributed by atoms with E-state index < -0.39 is 0 Å². The zero-order valence-electron chi connectivity index (χ0n) is 16.1. The van der Waals surface area contributed by atoms with E-state index in [1.54, 1.807) is 42.5 Å². The molecule has 2 N–H and O–H groups in total. The molecule has 3 rings (SSSR count). The van der Waals surface area contributed by atoms with E-state index in [-0.39, 0.29) is 17.5 Å². The van der Waals surface area contributed by atoms with Crippen molar-refractivity contribution >= 4 is 23.6 Å². The lowest BCUT2D eigenvalue weighted by Crippen LogP contribution is -2.18. The summed E-state index contributed by atoms with van der Waals surface area (Å²) in [5, 5.41) is 5.28. The quantitative estimate of drug-likeness (QED) is 0.593. The fourth-order valence-corrected chi connectivity index (χ4v) is 2.49. The van der Waals surface area contributed by atoms with E-state index >= 15 is 0 Å². The molecule has 0 aliphatic rings. The van der Waals surface area contributed by atoms with Crippen LogP contribution in [0.3, 0.4) is 0 Å². The van der Waals surface area contributed by atoms with Crippen LogP contribution in [-0.2, 0) is 11.2 Å². The Balaban J connectivity index is 1.58. The number of hydrogen-bond acceptors (Lipinski definition) is 5. The van der Waals surface area contributed by atoms with Crippen molar-refractivity contribution < 1.29 is 18.7 Å². The average Bonchev–Trinajstić information content (AvgIpc) is 3.21. The number of amides is 2. The van der Waals surface area contributed by atoms with Crippen LogP contribution < -0.4 is 15.4 Å². The molecule has 0 spiro atoms. The summed E-state index contributed by atoms with van der Waals surface area (Å²) >= 11 is 0. The first-order chi connectivity index (χ1) is 14.1. The topological polar surface area (TPSA) is 93.5 Å². The van der Waals surface area contributed by atoms with Crippen LogP contribution in [0.25, 0.3) is 6.08 Å². The largest absolute Gasteiger partial charge is 0.462 e. The maximum Gasteiger partial charge on any atom is 0.269 e. The van der Waals surface area contributed by atoms with Crippen LogP contribution in [0.15, 0.2) is 65.2 Å². The Morgan fingerprint density at radius 3 is 2.59 bits per heavy atom. The Morgan fingerprint density at radius 1 is 1.10 bits per heavy atom. The van der Waals surface area contributed by atoms with Crippen molar-refractivity contribution in [1.82, 2.24) is 10.3 Å². The van der Waals surface area contributed by atoms with E-state index in [1.165, 1.54) is 19.3 Å². The van der Waals surface area contributed by atoms with Gasteiger partial charge in [0.05, 0.1) is 0 Å². The normalized spacial score (nSPS) is 10.7. The van der Waals surface area contributed by atoms with Crippen molar-refractivity contribution in [3.8, 4) is 11.5 Å². The second-order valence-electron chi connectivity index (χ2n) is 6.06. The summed E-state index contributed by atoms with van der Waals surface area (Å²) < 4.78 is 11.3. The van der Waals surface area contributed by atoms with Crippen LogP contribution in [0.4, 0.5) is 5.69 Å². The van der Waals surface area contributed by atoms with Crippen LogP contribution in [0.2, 0.25) is 0 Å². The summed E-state index contributed by atoms with van der Waals surface area (Å²) in [5.41, 5.74) is 0.893. The highest BCUT2D eigenvalue weighted by molar-refractivity contribution is 6.01. The highest BCUT2D eigenvalue weighted by Gasteiger charge is 2.07. The minimum Gasteiger partial charge on any atom is -0.462 e. The first kappa shape index (κ1) is 19.9. The van der Waals surface area contributed by atoms with E-state index in [1.807, 2.05) is 19.1 Å². The van der Waals surface area contributed by atoms with Crippen LogP contribution in [0.1, 0.15) is 28.9 Å². The summed E-state index contributed by atoms with van der Waals surface area (Å²) in [7, 11) is 1.54. The highest BCUT2D eigenvalue weighted by atomic mass is 16.5. The van der Waals surface area contributed by atoms with Gasteiger partial charge in [-0.05, 0) is 48.5 Å². The minimum absolute atomic E-state index is 0.266. The van der Waals surface area contributed by atoms with E-state index in [4.69, 9.17) is 9.15 Å². The summed E-state index contributed by atoms with van der Waals surface area (Å²) in [6.45, 7) is 2.00. The van der Waals surface area contributed by atoms with E-state index in [0.29, 0.717) is 22.9 Å². The van der Waals surface area contributed by atoms with Crippen molar-refractivity contribution in [2.45, 2.75) is 13.3 Å². The molecule has 0 saturated carbocycles. The van der Waals surface area contributed by atoms with Gasteiger partial charge in [0.2, 0.25) is 5.91 Å². The first-order valence-electron chi connectivity index (χ1n) is 9.11. The number of aryl methyl sites for hydroxylation is 1. The lowest BCUT2D eigenvalue weighted by atomic mass is 10.3.